The van der Waals surface area contributed by atoms with Crippen molar-refractivity contribution < 1.29 is 0 Å². The lowest BCUT2D eigenvalue weighted by Gasteiger charge is -1.87. The monoisotopic (exact) mass is 135 g/mol. The first kappa shape index (κ1) is 6.19. The topological polar surface area (TPSA) is 0 Å². The van der Waals surface area contributed by atoms with E-state index in [1.165, 1.54) is 0 Å². The molecule has 0 heterocycles. The van der Waals surface area contributed by atoms with Gasteiger partial charge in [0.25, 0.3) is 0 Å². The van der Waals surface area contributed by atoms with Crippen LogP contribution in [-0.2, 0) is 0 Å². The molecule has 0 atom stereocenters. The molecule has 0 aromatic heterocycles. The SMILES string of the molecule is C#Cc1[c]ccc(Cl)c1. The van der Waals surface area contributed by atoms with Crippen LogP contribution in [0.2, 0.25) is 5.02 Å². The molecule has 9 heavy (non-hydrogen) atoms. The third-order valence-electron chi connectivity index (χ3n) is 0.919. The largest absolute Gasteiger partial charge is 0.115 e. The predicted octanol–water partition coefficient (Wildman–Crippen LogP) is 2.12. The number of hydrogen-bond acceptors (Lipinski definition) is 0. The van der Waals surface area contributed by atoms with Gasteiger partial charge in [0.15, 0.2) is 0 Å². The molecule has 0 saturated heterocycles. The summed E-state index contributed by atoms with van der Waals surface area (Å²) in [6, 6.07) is 7.98. The van der Waals surface area contributed by atoms with Crippen molar-refractivity contribution >= 4 is 11.6 Å². The van der Waals surface area contributed by atoms with E-state index in [0.717, 1.165) is 0 Å². The minimum atomic E-state index is 0.654. The van der Waals surface area contributed by atoms with E-state index < -0.39 is 0 Å². The summed E-state index contributed by atoms with van der Waals surface area (Å²) in [4.78, 5) is 0. The lowest BCUT2D eigenvalue weighted by atomic mass is 10.2. The molecule has 1 radical (unpaired) electrons. The first-order valence-electron chi connectivity index (χ1n) is 2.47. The van der Waals surface area contributed by atoms with Crippen LogP contribution in [0.15, 0.2) is 18.2 Å². The molecule has 1 rings (SSSR count). The number of halogens is 1. The van der Waals surface area contributed by atoms with Crippen molar-refractivity contribution in [3.63, 3.8) is 0 Å². The Balaban J connectivity index is 3.12. The summed E-state index contributed by atoms with van der Waals surface area (Å²) in [7, 11) is 0. The molecule has 0 aliphatic carbocycles. The van der Waals surface area contributed by atoms with Crippen molar-refractivity contribution in [3.05, 3.63) is 34.9 Å². The van der Waals surface area contributed by atoms with Gasteiger partial charge >= 0.3 is 0 Å². The molecule has 0 amide bonds. The van der Waals surface area contributed by atoms with Crippen molar-refractivity contribution in [2.75, 3.05) is 0 Å². The molecule has 0 aliphatic heterocycles. The van der Waals surface area contributed by atoms with Crippen molar-refractivity contribution in [3.8, 4) is 12.3 Å². The van der Waals surface area contributed by atoms with Crippen molar-refractivity contribution in [1.29, 1.82) is 0 Å². The molecule has 0 N–H and O–H groups in total. The van der Waals surface area contributed by atoms with Crippen LogP contribution in [0.25, 0.3) is 0 Å². The Morgan fingerprint density at radius 1 is 1.67 bits per heavy atom. The fourth-order valence-corrected chi connectivity index (χ4v) is 0.694. The highest BCUT2D eigenvalue weighted by molar-refractivity contribution is 6.30. The van der Waals surface area contributed by atoms with Crippen LogP contribution in [0.3, 0.4) is 0 Å². The Labute approximate surface area is 59.5 Å². The zero-order valence-corrected chi connectivity index (χ0v) is 5.44. The van der Waals surface area contributed by atoms with Crippen LogP contribution < -0.4 is 0 Å². The zero-order chi connectivity index (χ0) is 6.69. The molecule has 0 aliphatic rings. The summed E-state index contributed by atoms with van der Waals surface area (Å²) < 4.78 is 0. The average Bonchev–Trinajstić information content (AvgIpc) is 1.88. The van der Waals surface area contributed by atoms with Crippen LogP contribution in [0, 0.1) is 18.4 Å². The van der Waals surface area contributed by atoms with Crippen LogP contribution >= 0.6 is 11.6 Å². The van der Waals surface area contributed by atoms with E-state index in [2.05, 4.69) is 12.0 Å². The number of benzene rings is 1. The molecule has 0 unspecified atom stereocenters. The highest BCUT2D eigenvalue weighted by atomic mass is 35.5. The second-order valence-electron chi connectivity index (χ2n) is 1.56. The molecule has 1 aromatic carbocycles. The van der Waals surface area contributed by atoms with E-state index in [1.807, 2.05) is 0 Å². The van der Waals surface area contributed by atoms with Crippen LogP contribution in [0.1, 0.15) is 5.56 Å². The summed E-state index contributed by atoms with van der Waals surface area (Å²) in [5.74, 6) is 2.43. The molecule has 0 fully saturated rings. The zero-order valence-electron chi connectivity index (χ0n) is 4.69. The molecule has 43 valence electrons. The minimum absolute atomic E-state index is 0.654. The molecular weight excluding hydrogens is 132 g/mol. The Bertz CT molecular complexity index is 245. The summed E-state index contributed by atoms with van der Waals surface area (Å²) >= 11 is 5.61. The smallest absolute Gasteiger partial charge is 0.0418 e. The molecule has 0 saturated carbocycles. The van der Waals surface area contributed by atoms with Crippen molar-refractivity contribution in [1.82, 2.24) is 0 Å². The summed E-state index contributed by atoms with van der Waals surface area (Å²) in [6.45, 7) is 0. The molecular formula is C8H4Cl. The highest BCUT2D eigenvalue weighted by Gasteiger charge is 1.86. The summed E-state index contributed by atoms with van der Waals surface area (Å²) in [5, 5.41) is 0.654. The Kier molecular flexibility index (Phi) is 1.77. The van der Waals surface area contributed by atoms with Gasteiger partial charge in [-0.2, -0.15) is 0 Å². The van der Waals surface area contributed by atoms with E-state index in [4.69, 9.17) is 18.0 Å². The molecule has 1 aromatic rings. The van der Waals surface area contributed by atoms with Crippen LogP contribution in [0.4, 0.5) is 0 Å². The Morgan fingerprint density at radius 2 is 2.44 bits per heavy atom. The van der Waals surface area contributed by atoms with Gasteiger partial charge in [-0.3, -0.25) is 0 Å². The van der Waals surface area contributed by atoms with Crippen LogP contribution in [-0.4, -0.2) is 0 Å². The van der Waals surface area contributed by atoms with Crippen molar-refractivity contribution in [2.45, 2.75) is 0 Å². The molecule has 0 bridgehead atoms. The second kappa shape index (κ2) is 2.57. The lowest BCUT2D eigenvalue weighted by Crippen LogP contribution is -1.70. The maximum atomic E-state index is 5.61. The van der Waals surface area contributed by atoms with E-state index in [-0.39, 0.29) is 0 Å². The van der Waals surface area contributed by atoms with Gasteiger partial charge in [0.05, 0.1) is 0 Å². The molecule has 0 nitrogen and oxygen atoms in total. The van der Waals surface area contributed by atoms with E-state index in [0.29, 0.717) is 10.6 Å². The maximum Gasteiger partial charge on any atom is 0.0418 e. The fraction of sp³-hybridized carbons (Fsp3) is 0. The third kappa shape index (κ3) is 1.48. The van der Waals surface area contributed by atoms with Gasteiger partial charge in [-0.05, 0) is 18.2 Å². The van der Waals surface area contributed by atoms with Gasteiger partial charge in [-0.25, -0.2) is 0 Å². The standard InChI is InChI=1S/C8H4Cl/c1-2-7-4-3-5-8(9)6-7/h1,3,5-6H. The normalized spacial score (nSPS) is 8.44. The summed E-state index contributed by atoms with van der Waals surface area (Å²) in [5.41, 5.74) is 0.697. The van der Waals surface area contributed by atoms with E-state index >= 15 is 0 Å². The van der Waals surface area contributed by atoms with Gasteiger partial charge in [0.2, 0.25) is 0 Å². The number of terminal acetylenes is 1. The molecule has 1 heteroatoms. The maximum absolute atomic E-state index is 5.61. The predicted molar refractivity (Wildman–Crippen MR) is 38.2 cm³/mol. The summed E-state index contributed by atoms with van der Waals surface area (Å²) in [6.07, 6.45) is 5.08. The first-order chi connectivity index (χ1) is 4.33. The van der Waals surface area contributed by atoms with Gasteiger partial charge in [0.1, 0.15) is 0 Å². The van der Waals surface area contributed by atoms with E-state index in [1.54, 1.807) is 18.2 Å². The number of rotatable bonds is 0. The van der Waals surface area contributed by atoms with E-state index in [9.17, 15) is 0 Å². The Morgan fingerprint density at radius 3 is 2.89 bits per heavy atom. The van der Waals surface area contributed by atoms with Gasteiger partial charge in [0, 0.05) is 10.6 Å². The Hall–Kier alpha value is -0.930. The first-order valence-corrected chi connectivity index (χ1v) is 2.84. The number of hydrogen-bond donors (Lipinski definition) is 0. The van der Waals surface area contributed by atoms with Crippen molar-refractivity contribution in [2.24, 2.45) is 0 Å². The van der Waals surface area contributed by atoms with Gasteiger partial charge in [-0.15, -0.1) is 6.42 Å². The second-order valence-corrected chi connectivity index (χ2v) is 2.00. The minimum Gasteiger partial charge on any atom is -0.115 e. The third-order valence-corrected chi connectivity index (χ3v) is 1.15. The lowest BCUT2D eigenvalue weighted by molar-refractivity contribution is 1.63. The molecule has 0 spiro atoms. The fourth-order valence-electron chi connectivity index (χ4n) is 0.522. The van der Waals surface area contributed by atoms with Gasteiger partial charge < -0.3 is 0 Å². The van der Waals surface area contributed by atoms with Crippen LogP contribution in [0.5, 0.6) is 0 Å². The average molecular weight is 136 g/mol. The van der Waals surface area contributed by atoms with Gasteiger partial charge in [-0.1, -0.05) is 23.6 Å². The quantitative estimate of drug-likeness (QED) is 0.478. The highest BCUT2D eigenvalue weighted by Crippen LogP contribution is 2.08.